The van der Waals surface area contributed by atoms with Crippen molar-refractivity contribution >= 4 is 0 Å². The van der Waals surface area contributed by atoms with Crippen molar-refractivity contribution in [2.24, 2.45) is 5.92 Å². The third kappa shape index (κ3) is 3.46. The fourth-order valence-electron chi connectivity index (χ4n) is 3.31. The van der Waals surface area contributed by atoms with Gasteiger partial charge in [-0.25, -0.2) is 0 Å². The maximum Gasteiger partial charge on any atom is 0.257 e. The van der Waals surface area contributed by atoms with Crippen LogP contribution in [0.1, 0.15) is 29.5 Å². The Morgan fingerprint density at radius 1 is 1.28 bits per heavy atom. The first-order valence-corrected chi connectivity index (χ1v) is 8.68. The van der Waals surface area contributed by atoms with Gasteiger partial charge in [-0.1, -0.05) is 22.9 Å². The maximum atomic E-state index is 5.38. The van der Waals surface area contributed by atoms with E-state index in [-0.39, 0.29) is 0 Å². The van der Waals surface area contributed by atoms with Gasteiger partial charge in [0.15, 0.2) is 5.82 Å². The van der Waals surface area contributed by atoms with Crippen molar-refractivity contribution < 1.29 is 4.52 Å². The predicted molar refractivity (Wildman–Crippen MR) is 92.7 cm³/mol. The lowest BCUT2D eigenvalue weighted by Gasteiger charge is -2.23. The minimum atomic E-state index is 0.572. The summed E-state index contributed by atoms with van der Waals surface area (Å²) in [6.07, 6.45) is 2.12. The third-order valence-corrected chi connectivity index (χ3v) is 4.68. The Balaban J connectivity index is 1.32. The van der Waals surface area contributed by atoms with E-state index in [1.807, 2.05) is 25.1 Å². The van der Waals surface area contributed by atoms with Gasteiger partial charge in [0.1, 0.15) is 11.6 Å². The van der Waals surface area contributed by atoms with Crippen LogP contribution < -0.4 is 5.32 Å². The molecule has 1 N–H and O–H groups in total. The van der Waals surface area contributed by atoms with E-state index in [1.54, 1.807) is 0 Å². The highest BCUT2D eigenvalue weighted by Crippen LogP contribution is 2.20. The highest BCUT2D eigenvalue weighted by atomic mass is 16.5. The van der Waals surface area contributed by atoms with Gasteiger partial charge in [0.2, 0.25) is 0 Å². The number of benzene rings is 1. The molecule has 0 amide bonds. The number of nitrogens with one attached hydrogen (secondary N) is 1. The number of fused-ring (bicyclic) bond motifs is 1. The van der Waals surface area contributed by atoms with E-state index in [0.717, 1.165) is 43.1 Å². The van der Waals surface area contributed by atoms with Crippen molar-refractivity contribution in [2.45, 2.75) is 39.8 Å². The van der Waals surface area contributed by atoms with Crippen LogP contribution in [0, 0.1) is 19.8 Å². The Kier molecular flexibility index (Phi) is 4.31. The number of hydrogen-bond donors (Lipinski definition) is 1. The average molecular weight is 338 g/mol. The molecule has 0 bridgehead atoms. The molecule has 0 spiro atoms. The van der Waals surface area contributed by atoms with E-state index < -0.39 is 0 Å². The van der Waals surface area contributed by atoms with Crippen LogP contribution >= 0.6 is 0 Å². The minimum Gasteiger partial charge on any atom is -0.334 e. The van der Waals surface area contributed by atoms with Gasteiger partial charge in [-0.2, -0.15) is 4.98 Å². The quantitative estimate of drug-likeness (QED) is 0.769. The zero-order chi connectivity index (χ0) is 17.2. The van der Waals surface area contributed by atoms with Gasteiger partial charge >= 0.3 is 0 Å². The van der Waals surface area contributed by atoms with Gasteiger partial charge in [0, 0.05) is 25.1 Å². The lowest BCUT2D eigenvalue weighted by Crippen LogP contribution is -2.30. The summed E-state index contributed by atoms with van der Waals surface area (Å²) in [5, 5.41) is 15.9. The molecule has 1 aliphatic rings. The number of nitrogens with zero attached hydrogens (tertiary/aromatic N) is 5. The Bertz CT molecular complexity index is 868. The van der Waals surface area contributed by atoms with Crippen LogP contribution in [0.3, 0.4) is 0 Å². The highest BCUT2D eigenvalue weighted by molar-refractivity contribution is 5.53. The zero-order valence-corrected chi connectivity index (χ0v) is 14.6. The molecule has 0 radical (unpaired) electrons. The van der Waals surface area contributed by atoms with Gasteiger partial charge in [-0.05, 0) is 38.3 Å². The molecule has 7 heteroatoms. The summed E-state index contributed by atoms with van der Waals surface area (Å²) < 4.78 is 7.60. The summed E-state index contributed by atoms with van der Waals surface area (Å²) in [5.41, 5.74) is 2.14. The van der Waals surface area contributed by atoms with E-state index >= 15 is 0 Å². The highest BCUT2D eigenvalue weighted by Gasteiger charge is 2.21. The first-order chi connectivity index (χ1) is 12.2. The van der Waals surface area contributed by atoms with Crippen molar-refractivity contribution in [1.29, 1.82) is 0 Å². The standard InChI is InChI=1S/C18H22N6O/c1-12-4-3-5-15(8-12)18-20-16(23-25-18)10-19-9-14-6-7-17-22-21-13(2)24(17)11-14/h3-5,8,14,19H,6-7,9-11H2,1-2H3. The maximum absolute atomic E-state index is 5.38. The van der Waals surface area contributed by atoms with Crippen molar-refractivity contribution in [2.75, 3.05) is 6.54 Å². The summed E-state index contributed by atoms with van der Waals surface area (Å²) >= 11 is 0. The molecule has 3 aromatic rings. The molecule has 0 saturated carbocycles. The molecular weight excluding hydrogens is 316 g/mol. The van der Waals surface area contributed by atoms with Crippen LogP contribution in [0.4, 0.5) is 0 Å². The van der Waals surface area contributed by atoms with Crippen LogP contribution in [0.2, 0.25) is 0 Å². The summed E-state index contributed by atoms with van der Waals surface area (Å²) in [6.45, 7) is 6.57. The van der Waals surface area contributed by atoms with E-state index in [1.165, 1.54) is 5.56 Å². The topological polar surface area (TPSA) is 81.7 Å². The lowest BCUT2D eigenvalue weighted by molar-refractivity contribution is 0.341. The minimum absolute atomic E-state index is 0.572. The molecule has 1 aromatic carbocycles. The average Bonchev–Trinajstić information content (AvgIpc) is 3.23. The molecule has 2 aromatic heterocycles. The predicted octanol–water partition coefficient (Wildman–Crippen LogP) is 2.30. The van der Waals surface area contributed by atoms with Crippen LogP contribution in [0.5, 0.6) is 0 Å². The van der Waals surface area contributed by atoms with E-state index in [0.29, 0.717) is 24.2 Å². The number of aromatic nitrogens is 5. The molecule has 1 atom stereocenters. The number of aryl methyl sites for hydroxylation is 3. The second-order valence-corrected chi connectivity index (χ2v) is 6.69. The zero-order valence-electron chi connectivity index (χ0n) is 14.6. The number of rotatable bonds is 5. The molecular formula is C18H22N6O. The molecule has 25 heavy (non-hydrogen) atoms. The van der Waals surface area contributed by atoms with Crippen LogP contribution in [0.25, 0.3) is 11.5 Å². The second kappa shape index (κ2) is 6.76. The molecule has 3 heterocycles. The number of hydrogen-bond acceptors (Lipinski definition) is 6. The van der Waals surface area contributed by atoms with Crippen LogP contribution in [-0.4, -0.2) is 31.4 Å². The normalized spacial score (nSPS) is 16.8. The lowest BCUT2D eigenvalue weighted by atomic mass is 9.99. The SMILES string of the molecule is Cc1cccc(-c2nc(CNCC3CCc4nnc(C)n4C3)no2)c1. The van der Waals surface area contributed by atoms with E-state index in [9.17, 15) is 0 Å². The summed E-state index contributed by atoms with van der Waals surface area (Å²) in [7, 11) is 0. The van der Waals surface area contributed by atoms with Crippen LogP contribution in [-0.2, 0) is 19.5 Å². The Labute approximate surface area is 146 Å². The van der Waals surface area contributed by atoms with Gasteiger partial charge in [0.05, 0.1) is 6.54 Å². The molecule has 1 unspecified atom stereocenters. The molecule has 130 valence electrons. The molecule has 0 saturated heterocycles. The van der Waals surface area contributed by atoms with Crippen LogP contribution in [0.15, 0.2) is 28.8 Å². The van der Waals surface area contributed by atoms with E-state index in [4.69, 9.17) is 4.52 Å². The molecule has 1 aliphatic heterocycles. The first-order valence-electron chi connectivity index (χ1n) is 8.68. The first kappa shape index (κ1) is 16.0. The molecule has 0 fully saturated rings. The van der Waals surface area contributed by atoms with Crippen molar-refractivity contribution in [1.82, 2.24) is 30.2 Å². The fourth-order valence-corrected chi connectivity index (χ4v) is 3.31. The third-order valence-electron chi connectivity index (χ3n) is 4.68. The smallest absolute Gasteiger partial charge is 0.257 e. The van der Waals surface area contributed by atoms with Gasteiger partial charge in [-0.15, -0.1) is 10.2 Å². The van der Waals surface area contributed by atoms with Crippen molar-refractivity contribution in [3.05, 3.63) is 47.3 Å². The summed E-state index contributed by atoms with van der Waals surface area (Å²) in [5.74, 6) is 3.94. The van der Waals surface area contributed by atoms with E-state index in [2.05, 4.69) is 43.2 Å². The van der Waals surface area contributed by atoms with Gasteiger partial charge in [0.25, 0.3) is 5.89 Å². The van der Waals surface area contributed by atoms with Gasteiger partial charge in [-0.3, -0.25) is 0 Å². The molecule has 4 rings (SSSR count). The van der Waals surface area contributed by atoms with Gasteiger partial charge < -0.3 is 14.4 Å². The molecule has 0 aliphatic carbocycles. The van der Waals surface area contributed by atoms with Crippen molar-refractivity contribution in [3.63, 3.8) is 0 Å². The van der Waals surface area contributed by atoms with Crippen molar-refractivity contribution in [3.8, 4) is 11.5 Å². The Hall–Kier alpha value is -2.54. The summed E-state index contributed by atoms with van der Waals surface area (Å²) in [4.78, 5) is 4.48. The fraction of sp³-hybridized carbons (Fsp3) is 0.444. The Morgan fingerprint density at radius 2 is 2.20 bits per heavy atom. The Morgan fingerprint density at radius 3 is 3.08 bits per heavy atom. The largest absolute Gasteiger partial charge is 0.334 e. The summed E-state index contributed by atoms with van der Waals surface area (Å²) in [6, 6.07) is 8.08. The second-order valence-electron chi connectivity index (χ2n) is 6.69. The monoisotopic (exact) mass is 338 g/mol. The molecule has 7 nitrogen and oxygen atoms in total.